The van der Waals surface area contributed by atoms with E-state index in [1.165, 1.54) is 70.6 Å². The summed E-state index contributed by atoms with van der Waals surface area (Å²) in [7, 11) is -0.654. The molecule has 2 aliphatic carbocycles. The molecule has 0 amide bonds. The van der Waals surface area contributed by atoms with Crippen LogP contribution in [0.3, 0.4) is 0 Å². The summed E-state index contributed by atoms with van der Waals surface area (Å²) in [4.78, 5) is 12.8. The summed E-state index contributed by atoms with van der Waals surface area (Å²) in [6, 6.07) is 0.806. The van der Waals surface area contributed by atoms with Gasteiger partial charge in [-0.15, -0.1) is 0 Å². The molecule has 3 radical (unpaired) electrons. The highest BCUT2D eigenvalue weighted by Gasteiger charge is 2.39. The maximum atomic E-state index is 12.8. The lowest BCUT2D eigenvalue weighted by molar-refractivity contribution is -0.138. The topological polar surface area (TPSA) is 35.5 Å². The smallest absolute Gasteiger partial charge is 0.295 e. The Bertz CT molecular complexity index is 416. The van der Waals surface area contributed by atoms with Gasteiger partial charge in [0.25, 0.3) is 15.0 Å². The van der Waals surface area contributed by atoms with Crippen LogP contribution in [0.25, 0.3) is 0 Å². The molecule has 0 aliphatic heterocycles. The van der Waals surface area contributed by atoms with E-state index in [1.54, 1.807) is 0 Å². The Morgan fingerprint density at radius 3 is 2.22 bits per heavy atom. The molecule has 0 aromatic heterocycles. The Labute approximate surface area is 172 Å². The zero-order chi connectivity index (χ0) is 19.6. The molecule has 0 heterocycles. The number of hydrogen-bond donors (Lipinski definition) is 0. The minimum Gasteiger partial charge on any atom is -0.517 e. The van der Waals surface area contributed by atoms with Gasteiger partial charge in [-0.05, 0) is 62.6 Å². The second-order valence-corrected chi connectivity index (χ2v) is 12.7. The van der Waals surface area contributed by atoms with Gasteiger partial charge in [-0.1, -0.05) is 58.8 Å². The first-order valence-electron chi connectivity index (χ1n) is 11.5. The van der Waals surface area contributed by atoms with Crippen LogP contribution in [0.5, 0.6) is 0 Å². The van der Waals surface area contributed by atoms with Crippen LogP contribution in [0, 0.1) is 11.8 Å². The molecular formula is C22H41O3Si2. The van der Waals surface area contributed by atoms with E-state index >= 15 is 0 Å². The quantitative estimate of drug-likeness (QED) is 0.396. The van der Waals surface area contributed by atoms with Crippen LogP contribution in [0.4, 0.5) is 0 Å². The molecule has 2 rings (SSSR count). The molecular weight excluding hydrogens is 368 g/mol. The Kier molecular flexibility index (Phi) is 10.7. The Morgan fingerprint density at radius 2 is 1.63 bits per heavy atom. The zero-order valence-corrected chi connectivity index (χ0v) is 20.1. The van der Waals surface area contributed by atoms with Crippen molar-refractivity contribution in [2.75, 3.05) is 0 Å². The molecule has 27 heavy (non-hydrogen) atoms. The van der Waals surface area contributed by atoms with E-state index in [4.69, 9.17) is 8.85 Å². The van der Waals surface area contributed by atoms with Gasteiger partial charge in [-0.25, -0.2) is 0 Å². The van der Waals surface area contributed by atoms with Crippen LogP contribution in [0.2, 0.25) is 17.1 Å². The van der Waals surface area contributed by atoms with Gasteiger partial charge in [-0.2, -0.15) is 0 Å². The first-order chi connectivity index (χ1) is 13.0. The SMILES string of the molecule is CCCC1CCC([Si](OC(=O)C(C)C[Si]OC(C)C)C2CCCCC2)CC1. The second-order valence-electron chi connectivity index (χ2n) is 9.08. The number of hydrogen-bond acceptors (Lipinski definition) is 3. The fourth-order valence-electron chi connectivity index (χ4n) is 4.67. The van der Waals surface area contributed by atoms with Crippen molar-refractivity contribution in [3.8, 4) is 0 Å². The van der Waals surface area contributed by atoms with Gasteiger partial charge in [-0.3, -0.25) is 4.79 Å². The first kappa shape index (κ1) is 23.1. The molecule has 0 N–H and O–H groups in total. The third-order valence-corrected chi connectivity index (χ3v) is 10.9. The molecule has 5 heteroatoms. The van der Waals surface area contributed by atoms with E-state index in [1.807, 2.05) is 6.92 Å². The Hall–Kier alpha value is -0.136. The zero-order valence-electron chi connectivity index (χ0n) is 18.1. The molecule has 0 spiro atoms. The van der Waals surface area contributed by atoms with Crippen molar-refractivity contribution in [1.82, 2.24) is 0 Å². The van der Waals surface area contributed by atoms with Crippen molar-refractivity contribution in [2.24, 2.45) is 11.8 Å². The molecule has 1 atom stereocenters. The lowest BCUT2D eigenvalue weighted by Crippen LogP contribution is -2.37. The van der Waals surface area contributed by atoms with Crippen LogP contribution in [-0.4, -0.2) is 30.9 Å². The fraction of sp³-hybridized carbons (Fsp3) is 0.955. The second kappa shape index (κ2) is 12.4. The van der Waals surface area contributed by atoms with E-state index in [0.717, 1.165) is 12.0 Å². The normalized spacial score (nSPS) is 25.7. The summed E-state index contributed by atoms with van der Waals surface area (Å²) < 4.78 is 12.0. The predicted molar refractivity (Wildman–Crippen MR) is 115 cm³/mol. The lowest BCUT2D eigenvalue weighted by atomic mass is 9.86. The van der Waals surface area contributed by atoms with Crippen LogP contribution in [0.1, 0.15) is 98.3 Å². The molecule has 0 saturated heterocycles. The summed E-state index contributed by atoms with van der Waals surface area (Å²) in [6.45, 7) is 8.43. The lowest BCUT2D eigenvalue weighted by Gasteiger charge is -2.37. The van der Waals surface area contributed by atoms with Crippen LogP contribution in [0.15, 0.2) is 0 Å². The maximum absolute atomic E-state index is 12.8. The van der Waals surface area contributed by atoms with Crippen LogP contribution >= 0.6 is 0 Å². The largest absolute Gasteiger partial charge is 0.517 e. The van der Waals surface area contributed by atoms with Gasteiger partial charge in [0.15, 0.2) is 0 Å². The van der Waals surface area contributed by atoms with Gasteiger partial charge < -0.3 is 8.85 Å². The number of carbonyl (C=O) groups is 1. The number of carbonyl (C=O) groups excluding carboxylic acids is 1. The molecule has 0 aromatic carbocycles. The van der Waals surface area contributed by atoms with Crippen molar-refractivity contribution in [2.45, 2.75) is 122 Å². The minimum absolute atomic E-state index is 0.0258. The molecule has 3 nitrogen and oxygen atoms in total. The van der Waals surface area contributed by atoms with Gasteiger partial charge in [0.05, 0.1) is 5.92 Å². The predicted octanol–water partition coefficient (Wildman–Crippen LogP) is 6.31. The average molecular weight is 410 g/mol. The summed E-state index contributed by atoms with van der Waals surface area (Å²) in [5.74, 6) is 0.956. The summed E-state index contributed by atoms with van der Waals surface area (Å²) in [5.41, 5.74) is 1.39. The van der Waals surface area contributed by atoms with Crippen molar-refractivity contribution >= 4 is 24.8 Å². The third-order valence-electron chi connectivity index (χ3n) is 6.28. The van der Waals surface area contributed by atoms with Gasteiger partial charge in [0.1, 0.15) is 0 Å². The third kappa shape index (κ3) is 8.02. The van der Waals surface area contributed by atoms with Crippen LogP contribution in [-0.2, 0) is 13.6 Å². The maximum Gasteiger partial charge on any atom is 0.295 e. The van der Waals surface area contributed by atoms with E-state index in [9.17, 15) is 4.79 Å². The van der Waals surface area contributed by atoms with Crippen molar-refractivity contribution in [1.29, 1.82) is 0 Å². The number of rotatable bonds is 10. The highest BCUT2D eigenvalue weighted by molar-refractivity contribution is 6.57. The molecule has 1 unspecified atom stereocenters. The average Bonchev–Trinajstić information content (AvgIpc) is 2.67. The molecule has 2 saturated carbocycles. The Morgan fingerprint density at radius 1 is 1.00 bits per heavy atom. The molecule has 0 aromatic rings. The molecule has 0 bridgehead atoms. The monoisotopic (exact) mass is 409 g/mol. The summed E-state index contributed by atoms with van der Waals surface area (Å²) in [6.07, 6.45) is 14.9. The van der Waals surface area contributed by atoms with Gasteiger partial charge in [0, 0.05) is 6.10 Å². The summed E-state index contributed by atoms with van der Waals surface area (Å²) >= 11 is 0. The van der Waals surface area contributed by atoms with E-state index in [-0.39, 0.29) is 18.0 Å². The van der Waals surface area contributed by atoms with E-state index < -0.39 is 9.04 Å². The van der Waals surface area contributed by atoms with Gasteiger partial charge >= 0.3 is 0 Å². The van der Waals surface area contributed by atoms with Crippen LogP contribution < -0.4 is 0 Å². The molecule has 155 valence electrons. The highest BCUT2D eigenvalue weighted by Crippen LogP contribution is 2.44. The fourth-order valence-corrected chi connectivity index (χ4v) is 8.83. The van der Waals surface area contributed by atoms with Gasteiger partial charge in [0.2, 0.25) is 9.76 Å². The highest BCUT2D eigenvalue weighted by atomic mass is 28.3. The molecule has 2 fully saturated rings. The standard InChI is InChI=1S/C22H41O3Si2/c1-5-9-19-12-14-21(15-13-19)27(20-10-7-6-8-11-20)25-22(23)18(4)16-26-24-17(2)3/h17-21H,5-16H2,1-4H3. The van der Waals surface area contributed by atoms with Crippen molar-refractivity contribution < 1.29 is 13.6 Å². The minimum atomic E-state index is -1.06. The Balaban J connectivity index is 1.91. The molecule has 2 aliphatic rings. The van der Waals surface area contributed by atoms with Crippen molar-refractivity contribution in [3.05, 3.63) is 0 Å². The van der Waals surface area contributed by atoms with E-state index in [2.05, 4.69) is 20.8 Å². The van der Waals surface area contributed by atoms with Crippen molar-refractivity contribution in [3.63, 3.8) is 0 Å². The first-order valence-corrected chi connectivity index (χ1v) is 14.2. The van der Waals surface area contributed by atoms with E-state index in [0.29, 0.717) is 20.8 Å². The summed E-state index contributed by atoms with van der Waals surface area (Å²) in [5, 5.41) is 0.